The van der Waals surface area contributed by atoms with Gasteiger partial charge in [-0.2, -0.15) is 0 Å². The van der Waals surface area contributed by atoms with E-state index in [1.54, 1.807) is 0 Å². The second-order valence-electron chi connectivity index (χ2n) is 1.54. The lowest BCUT2D eigenvalue weighted by molar-refractivity contribution is -0.143. The van der Waals surface area contributed by atoms with Crippen LogP contribution in [-0.4, -0.2) is 30.0 Å². The summed E-state index contributed by atoms with van der Waals surface area (Å²) < 4.78 is 0. The van der Waals surface area contributed by atoms with Crippen LogP contribution in [0.5, 0.6) is 0 Å². The van der Waals surface area contributed by atoms with Crippen molar-refractivity contribution in [2.45, 2.75) is 12.2 Å². The van der Waals surface area contributed by atoms with Gasteiger partial charge < -0.3 is 10.2 Å². The van der Waals surface area contributed by atoms with Gasteiger partial charge in [-0.3, -0.25) is 9.59 Å². The molecular formula is C4H5BO4. The van der Waals surface area contributed by atoms with Crippen LogP contribution in [0.1, 0.15) is 6.42 Å². The molecule has 0 aromatic rings. The fourth-order valence-corrected chi connectivity index (χ4v) is 0.275. The van der Waals surface area contributed by atoms with Gasteiger partial charge in [-0.1, -0.05) is 0 Å². The van der Waals surface area contributed by atoms with Crippen LogP contribution in [0.2, 0.25) is 5.82 Å². The van der Waals surface area contributed by atoms with Gasteiger partial charge in [0.1, 0.15) is 0 Å². The molecule has 9 heavy (non-hydrogen) atoms. The number of hydrogen-bond acceptors (Lipinski definition) is 2. The van der Waals surface area contributed by atoms with Crippen LogP contribution in [0, 0.1) is 0 Å². The molecule has 1 unspecified atom stereocenters. The SMILES string of the molecule is [B]C(CC(=O)O)C(=O)O. The number of carbonyl (C=O) groups is 2. The molecule has 2 radical (unpaired) electrons. The Kier molecular flexibility index (Phi) is 2.77. The lowest BCUT2D eigenvalue weighted by Crippen LogP contribution is -2.11. The van der Waals surface area contributed by atoms with Crippen LogP contribution in [-0.2, 0) is 9.59 Å². The van der Waals surface area contributed by atoms with E-state index in [1.165, 1.54) is 0 Å². The van der Waals surface area contributed by atoms with Gasteiger partial charge in [0.25, 0.3) is 5.97 Å². The molecule has 0 rings (SSSR count). The highest BCUT2D eigenvalue weighted by molar-refractivity contribution is 6.23. The van der Waals surface area contributed by atoms with E-state index in [0.29, 0.717) is 0 Å². The van der Waals surface area contributed by atoms with E-state index in [9.17, 15) is 9.59 Å². The molecule has 0 aromatic heterocycles. The molecule has 0 fully saturated rings. The van der Waals surface area contributed by atoms with E-state index in [-0.39, 0.29) is 0 Å². The summed E-state index contributed by atoms with van der Waals surface area (Å²) in [5.74, 6) is -3.79. The summed E-state index contributed by atoms with van der Waals surface area (Å²) in [5.41, 5.74) is 0. The third kappa shape index (κ3) is 3.58. The van der Waals surface area contributed by atoms with Crippen LogP contribution in [0.3, 0.4) is 0 Å². The zero-order valence-electron chi connectivity index (χ0n) is 4.57. The minimum Gasteiger partial charge on any atom is -0.482 e. The van der Waals surface area contributed by atoms with Crippen LogP contribution in [0.25, 0.3) is 0 Å². The highest BCUT2D eigenvalue weighted by Crippen LogP contribution is 2.03. The van der Waals surface area contributed by atoms with Crippen molar-refractivity contribution in [2.75, 3.05) is 0 Å². The van der Waals surface area contributed by atoms with Gasteiger partial charge in [0, 0.05) is 5.82 Å². The summed E-state index contributed by atoms with van der Waals surface area (Å²) in [4.78, 5) is 19.6. The van der Waals surface area contributed by atoms with Crippen molar-refractivity contribution in [1.82, 2.24) is 0 Å². The summed E-state index contributed by atoms with van der Waals surface area (Å²) in [6.07, 6.45) is -0.532. The Morgan fingerprint density at radius 3 is 2.00 bits per heavy atom. The largest absolute Gasteiger partial charge is 0.482 e. The average molecular weight is 128 g/mol. The molecule has 0 aliphatic heterocycles. The summed E-state index contributed by atoms with van der Waals surface area (Å²) >= 11 is 0. The number of rotatable bonds is 3. The first kappa shape index (κ1) is 8.00. The molecule has 0 saturated carbocycles. The lowest BCUT2D eigenvalue weighted by atomic mass is 9.85. The number of carboxylic acid groups (broad SMARTS) is 2. The first-order valence-electron chi connectivity index (χ1n) is 2.24. The smallest absolute Gasteiger partial charge is 0.303 e. The molecule has 0 saturated heterocycles. The fraction of sp³-hybridized carbons (Fsp3) is 0.500. The van der Waals surface area contributed by atoms with Gasteiger partial charge in [-0.25, -0.2) is 0 Å². The summed E-state index contributed by atoms with van der Waals surface area (Å²) in [5, 5.41) is 16.0. The molecule has 0 aliphatic carbocycles. The average Bonchev–Trinajstić information content (AvgIpc) is 1.63. The van der Waals surface area contributed by atoms with Gasteiger partial charge in [-0.15, -0.1) is 0 Å². The number of aliphatic carboxylic acids is 2. The molecule has 0 spiro atoms. The lowest BCUT2D eigenvalue weighted by Gasteiger charge is -1.98. The Balaban J connectivity index is 3.63. The summed E-state index contributed by atoms with van der Waals surface area (Å²) in [6.45, 7) is 0. The molecule has 4 nitrogen and oxygen atoms in total. The Labute approximate surface area is 52.9 Å². The maximum Gasteiger partial charge on any atom is 0.303 e. The Hall–Kier alpha value is -0.995. The van der Waals surface area contributed by atoms with Crippen LogP contribution in [0.4, 0.5) is 0 Å². The quantitative estimate of drug-likeness (QED) is 0.502. The van der Waals surface area contributed by atoms with Crippen LogP contribution < -0.4 is 0 Å². The first-order chi connectivity index (χ1) is 4.04. The van der Waals surface area contributed by atoms with Crippen LogP contribution >= 0.6 is 0 Å². The van der Waals surface area contributed by atoms with Crippen LogP contribution in [0.15, 0.2) is 0 Å². The summed E-state index contributed by atoms with van der Waals surface area (Å²) in [7, 11) is 4.84. The highest BCUT2D eigenvalue weighted by Gasteiger charge is 2.13. The Morgan fingerprint density at radius 1 is 1.44 bits per heavy atom. The molecule has 0 aliphatic rings. The van der Waals surface area contributed by atoms with Gasteiger partial charge in [0.05, 0.1) is 14.3 Å². The van der Waals surface area contributed by atoms with E-state index < -0.39 is 24.2 Å². The summed E-state index contributed by atoms with van der Waals surface area (Å²) in [6, 6.07) is 0. The van der Waals surface area contributed by atoms with E-state index in [4.69, 9.17) is 18.1 Å². The molecule has 2 N–H and O–H groups in total. The van der Waals surface area contributed by atoms with Crippen molar-refractivity contribution in [3.63, 3.8) is 0 Å². The third-order valence-corrected chi connectivity index (χ3v) is 0.712. The zero-order valence-corrected chi connectivity index (χ0v) is 4.57. The highest BCUT2D eigenvalue weighted by atomic mass is 16.4. The van der Waals surface area contributed by atoms with E-state index in [2.05, 4.69) is 0 Å². The second kappa shape index (κ2) is 3.12. The molecule has 1 atom stereocenters. The standard InChI is InChI=1S/C4H5BO4/c5-2(4(8)9)1-3(6)7/h2H,1H2,(H,6,7)(H,8,9). The van der Waals surface area contributed by atoms with E-state index >= 15 is 0 Å². The monoisotopic (exact) mass is 128 g/mol. The van der Waals surface area contributed by atoms with Crippen molar-refractivity contribution in [3.05, 3.63) is 0 Å². The predicted octanol–water partition coefficient (Wildman–Crippen LogP) is -0.497. The predicted molar refractivity (Wildman–Crippen MR) is 29.4 cm³/mol. The minimum atomic E-state index is -1.29. The second-order valence-corrected chi connectivity index (χ2v) is 1.54. The minimum absolute atomic E-state index is 0.532. The van der Waals surface area contributed by atoms with Gasteiger partial charge in [-0.05, 0) is 0 Å². The van der Waals surface area contributed by atoms with Crippen molar-refractivity contribution in [1.29, 1.82) is 0 Å². The van der Waals surface area contributed by atoms with Crippen molar-refractivity contribution in [2.24, 2.45) is 0 Å². The van der Waals surface area contributed by atoms with Crippen molar-refractivity contribution in [3.8, 4) is 0 Å². The Bertz CT molecular complexity index is 133. The zero-order chi connectivity index (χ0) is 7.44. The number of hydrogen-bond donors (Lipinski definition) is 2. The van der Waals surface area contributed by atoms with Gasteiger partial charge in [0.15, 0.2) is 0 Å². The fourth-order valence-electron chi connectivity index (χ4n) is 0.275. The van der Waals surface area contributed by atoms with E-state index in [0.717, 1.165) is 0 Å². The normalized spacial score (nSPS) is 12.4. The third-order valence-electron chi connectivity index (χ3n) is 0.712. The van der Waals surface area contributed by atoms with E-state index in [1.807, 2.05) is 0 Å². The molecule has 5 heteroatoms. The topological polar surface area (TPSA) is 74.6 Å². The molecule has 48 valence electrons. The van der Waals surface area contributed by atoms with Crippen molar-refractivity contribution >= 4 is 19.8 Å². The van der Waals surface area contributed by atoms with Gasteiger partial charge in [0.2, 0.25) is 0 Å². The molecule has 0 bridgehead atoms. The maximum atomic E-state index is 9.85. The molecular weight excluding hydrogens is 123 g/mol. The Morgan fingerprint density at radius 2 is 1.89 bits per heavy atom. The molecule has 0 heterocycles. The first-order valence-corrected chi connectivity index (χ1v) is 2.24. The maximum absolute atomic E-state index is 9.85. The van der Waals surface area contributed by atoms with Gasteiger partial charge >= 0.3 is 5.97 Å². The molecule has 0 aromatic carbocycles. The molecule has 0 amide bonds. The van der Waals surface area contributed by atoms with Crippen molar-refractivity contribution < 1.29 is 19.8 Å². The number of carboxylic acids is 2.